The van der Waals surface area contributed by atoms with E-state index in [2.05, 4.69) is 0 Å². The molecule has 0 heterocycles. The summed E-state index contributed by atoms with van der Waals surface area (Å²) in [6.45, 7) is 0. The van der Waals surface area contributed by atoms with Crippen molar-refractivity contribution in [2.45, 2.75) is 51.4 Å². The molecule has 0 bridgehead atoms. The number of ketones is 2. The van der Waals surface area contributed by atoms with Crippen LogP contribution in [-0.2, 0) is 9.59 Å². The van der Waals surface area contributed by atoms with Crippen molar-refractivity contribution in [1.82, 2.24) is 0 Å². The molecule has 2 atom stereocenters. The van der Waals surface area contributed by atoms with Gasteiger partial charge in [0.2, 0.25) is 0 Å². The molecule has 3 rings (SSSR count). The Morgan fingerprint density at radius 3 is 2.46 bits per heavy atom. The predicted octanol–water partition coefficient (Wildman–Crippen LogP) is 6.16. The van der Waals surface area contributed by atoms with Gasteiger partial charge in [-0.2, -0.15) is 0 Å². The number of nitro benzene ring substituents is 1. The number of nitro groups is 1. The second-order valence-electron chi connectivity index (χ2n) is 9.06. The lowest BCUT2D eigenvalue weighted by Gasteiger charge is -2.15. The number of rotatable bonds is 14. The summed E-state index contributed by atoms with van der Waals surface area (Å²) in [4.78, 5) is 46.9. The topological polar surface area (TPSA) is 133 Å². The summed E-state index contributed by atoms with van der Waals surface area (Å²) in [5.74, 6) is -0.0732. The molecule has 0 radical (unpaired) electrons. The van der Waals surface area contributed by atoms with E-state index in [4.69, 9.17) is 14.6 Å². The van der Waals surface area contributed by atoms with Crippen molar-refractivity contribution in [3.05, 3.63) is 70.3 Å². The SMILES string of the molecule is COc1ccc(Oc2ccc([N+](=O)[O-])cc2C(=O)/C=C\C2CCC(=O)C2CCCCCCC(=O)O)cc1. The molecule has 9 nitrogen and oxygen atoms in total. The van der Waals surface area contributed by atoms with Crippen molar-refractivity contribution in [3.8, 4) is 17.2 Å². The van der Waals surface area contributed by atoms with Crippen molar-refractivity contribution in [2.75, 3.05) is 7.11 Å². The Balaban J connectivity index is 1.69. The van der Waals surface area contributed by atoms with Gasteiger partial charge in [-0.3, -0.25) is 24.5 Å². The third kappa shape index (κ3) is 7.99. The maximum atomic E-state index is 13.1. The van der Waals surface area contributed by atoms with Gasteiger partial charge in [0.1, 0.15) is 23.0 Å². The molecule has 1 aliphatic carbocycles. The standard InChI is InChI=1S/C28H31NO8/c1-36-21-11-13-22(14-12-21)37-27-17-10-20(29(34)35)18-24(27)26(31)16-9-19-8-15-25(30)23(19)6-4-2-3-5-7-28(32)33/h9-14,16-19,23H,2-8,15H2,1H3,(H,32,33)/b16-9-. The number of methoxy groups -OCH3 is 1. The van der Waals surface area contributed by atoms with Crippen LogP contribution in [0.2, 0.25) is 0 Å². The van der Waals surface area contributed by atoms with Crippen LogP contribution < -0.4 is 9.47 Å². The lowest BCUT2D eigenvalue weighted by atomic mass is 9.89. The van der Waals surface area contributed by atoms with Gasteiger partial charge in [0.05, 0.1) is 17.6 Å². The highest BCUT2D eigenvalue weighted by atomic mass is 16.6. The number of carboxylic acid groups (broad SMARTS) is 1. The summed E-state index contributed by atoms with van der Waals surface area (Å²) in [7, 11) is 1.54. The number of Topliss-reactive ketones (excluding diaryl/α,β-unsaturated/α-hetero) is 1. The molecular formula is C28H31NO8. The van der Waals surface area contributed by atoms with Crippen LogP contribution in [0.3, 0.4) is 0 Å². The normalized spacial score (nSPS) is 17.2. The minimum Gasteiger partial charge on any atom is -0.497 e. The number of non-ortho nitro benzene ring substituents is 1. The van der Waals surface area contributed by atoms with Crippen LogP contribution in [-0.4, -0.2) is 34.7 Å². The third-order valence-electron chi connectivity index (χ3n) is 6.53. The first-order chi connectivity index (χ1) is 17.8. The number of benzene rings is 2. The number of nitrogens with zero attached hydrogens (tertiary/aromatic N) is 1. The van der Waals surface area contributed by atoms with E-state index >= 15 is 0 Å². The van der Waals surface area contributed by atoms with E-state index in [0.717, 1.165) is 19.3 Å². The number of carbonyl (C=O) groups is 3. The van der Waals surface area contributed by atoms with Crippen LogP contribution in [0.25, 0.3) is 0 Å². The number of hydrogen-bond acceptors (Lipinski definition) is 7. The lowest BCUT2D eigenvalue weighted by molar-refractivity contribution is -0.384. The molecule has 196 valence electrons. The molecule has 1 aliphatic rings. The van der Waals surface area contributed by atoms with Gasteiger partial charge >= 0.3 is 5.97 Å². The first kappa shape index (κ1) is 27.6. The van der Waals surface area contributed by atoms with Crippen molar-refractivity contribution < 1.29 is 33.9 Å². The van der Waals surface area contributed by atoms with Crippen LogP contribution in [0.15, 0.2) is 54.6 Å². The van der Waals surface area contributed by atoms with Gasteiger partial charge < -0.3 is 14.6 Å². The fourth-order valence-corrected chi connectivity index (χ4v) is 4.52. The average molecular weight is 510 g/mol. The first-order valence-corrected chi connectivity index (χ1v) is 12.4. The molecule has 1 N–H and O–H groups in total. The fourth-order valence-electron chi connectivity index (χ4n) is 4.52. The highest BCUT2D eigenvalue weighted by Gasteiger charge is 2.32. The van der Waals surface area contributed by atoms with Crippen LogP contribution >= 0.6 is 0 Å². The van der Waals surface area contributed by atoms with Gasteiger partial charge in [-0.15, -0.1) is 0 Å². The first-order valence-electron chi connectivity index (χ1n) is 12.4. The zero-order valence-corrected chi connectivity index (χ0v) is 20.8. The highest BCUT2D eigenvalue weighted by molar-refractivity contribution is 6.07. The van der Waals surface area contributed by atoms with Crippen LogP contribution in [0.1, 0.15) is 61.7 Å². The minimum absolute atomic E-state index is 0.0561. The maximum absolute atomic E-state index is 13.1. The van der Waals surface area contributed by atoms with Crippen molar-refractivity contribution in [1.29, 1.82) is 0 Å². The van der Waals surface area contributed by atoms with Gasteiger partial charge in [0.25, 0.3) is 5.69 Å². The summed E-state index contributed by atoms with van der Waals surface area (Å²) < 4.78 is 11.0. The Morgan fingerprint density at radius 2 is 1.78 bits per heavy atom. The van der Waals surface area contributed by atoms with E-state index in [9.17, 15) is 24.5 Å². The smallest absolute Gasteiger partial charge is 0.303 e. The number of hydrogen-bond donors (Lipinski definition) is 1. The van der Waals surface area contributed by atoms with E-state index in [1.807, 2.05) is 0 Å². The predicted molar refractivity (Wildman–Crippen MR) is 136 cm³/mol. The van der Waals surface area contributed by atoms with Gasteiger partial charge in [-0.25, -0.2) is 0 Å². The Morgan fingerprint density at radius 1 is 1.08 bits per heavy atom. The monoisotopic (exact) mass is 509 g/mol. The summed E-state index contributed by atoms with van der Waals surface area (Å²) in [5.41, 5.74) is -0.170. The molecule has 0 spiro atoms. The molecule has 9 heteroatoms. The molecule has 2 aromatic rings. The minimum atomic E-state index is -0.804. The molecule has 2 unspecified atom stereocenters. The van der Waals surface area contributed by atoms with Gasteiger partial charge in [0.15, 0.2) is 5.78 Å². The molecule has 0 aromatic heterocycles. The van der Waals surface area contributed by atoms with Crippen molar-refractivity contribution >= 4 is 23.2 Å². The number of unbranched alkanes of at least 4 members (excludes halogenated alkanes) is 3. The van der Waals surface area contributed by atoms with Gasteiger partial charge in [-0.05, 0) is 61.6 Å². The lowest BCUT2D eigenvalue weighted by Crippen LogP contribution is -2.13. The second-order valence-corrected chi connectivity index (χ2v) is 9.06. The molecule has 0 aliphatic heterocycles. The number of carbonyl (C=O) groups excluding carboxylic acids is 2. The number of ether oxygens (including phenoxy) is 2. The van der Waals surface area contributed by atoms with Crippen LogP contribution in [0.5, 0.6) is 17.2 Å². The molecule has 2 aromatic carbocycles. The van der Waals surface area contributed by atoms with E-state index in [0.29, 0.717) is 37.2 Å². The summed E-state index contributed by atoms with van der Waals surface area (Å²) in [6.07, 6.45) is 8.15. The number of allylic oxidation sites excluding steroid dienone is 2. The molecule has 0 saturated heterocycles. The molecule has 37 heavy (non-hydrogen) atoms. The van der Waals surface area contributed by atoms with Crippen molar-refractivity contribution in [3.63, 3.8) is 0 Å². The van der Waals surface area contributed by atoms with E-state index < -0.39 is 16.7 Å². The fraction of sp³-hybridized carbons (Fsp3) is 0.393. The second kappa shape index (κ2) is 13.3. The zero-order valence-electron chi connectivity index (χ0n) is 20.8. The maximum Gasteiger partial charge on any atom is 0.303 e. The summed E-state index contributed by atoms with van der Waals surface area (Å²) in [6, 6.07) is 10.6. The molecular weight excluding hydrogens is 478 g/mol. The van der Waals surface area contributed by atoms with E-state index in [1.54, 1.807) is 37.5 Å². The van der Waals surface area contributed by atoms with Gasteiger partial charge in [0, 0.05) is 30.9 Å². The number of aliphatic carboxylic acids is 1. The van der Waals surface area contributed by atoms with Crippen LogP contribution in [0.4, 0.5) is 5.69 Å². The molecule has 1 fully saturated rings. The largest absolute Gasteiger partial charge is 0.497 e. The Kier molecular flexibility index (Phi) is 9.94. The Labute approximate surface area is 215 Å². The third-order valence-corrected chi connectivity index (χ3v) is 6.53. The van der Waals surface area contributed by atoms with E-state index in [-0.39, 0.29) is 41.0 Å². The van der Waals surface area contributed by atoms with Crippen LogP contribution in [0, 0.1) is 22.0 Å². The molecule has 0 amide bonds. The number of carboxylic acids is 1. The average Bonchev–Trinajstić information content (AvgIpc) is 3.24. The zero-order chi connectivity index (χ0) is 26.8. The molecule has 1 saturated carbocycles. The summed E-state index contributed by atoms with van der Waals surface area (Å²) in [5, 5.41) is 20.0. The Bertz CT molecular complexity index is 1160. The summed E-state index contributed by atoms with van der Waals surface area (Å²) >= 11 is 0. The highest BCUT2D eigenvalue weighted by Crippen LogP contribution is 2.35. The Hall–Kier alpha value is -4.01. The van der Waals surface area contributed by atoms with Gasteiger partial charge in [-0.1, -0.05) is 25.3 Å². The quantitative estimate of drug-likeness (QED) is 0.105. The van der Waals surface area contributed by atoms with E-state index in [1.165, 1.54) is 24.3 Å². The van der Waals surface area contributed by atoms with Crippen molar-refractivity contribution in [2.24, 2.45) is 11.8 Å².